The monoisotopic (exact) mass is 479 g/mol. The van der Waals surface area contributed by atoms with E-state index in [1.165, 1.54) is 35.5 Å². The van der Waals surface area contributed by atoms with E-state index in [0.29, 0.717) is 17.6 Å². The van der Waals surface area contributed by atoms with Crippen molar-refractivity contribution in [1.29, 1.82) is 0 Å². The van der Waals surface area contributed by atoms with Crippen LogP contribution in [0.5, 0.6) is 5.75 Å². The van der Waals surface area contributed by atoms with Crippen LogP contribution in [0.4, 0.5) is 8.78 Å². The van der Waals surface area contributed by atoms with Gasteiger partial charge in [0.15, 0.2) is 11.0 Å². The maximum absolute atomic E-state index is 14.2. The number of hydrogen-bond acceptors (Lipinski definition) is 4. The van der Waals surface area contributed by atoms with Gasteiger partial charge in [-0.15, -0.1) is 10.2 Å². The van der Waals surface area contributed by atoms with Crippen molar-refractivity contribution in [1.82, 2.24) is 14.8 Å². The van der Waals surface area contributed by atoms with Crippen molar-refractivity contribution in [2.75, 3.05) is 6.61 Å². The van der Waals surface area contributed by atoms with Crippen molar-refractivity contribution >= 4 is 11.8 Å². The molecule has 0 saturated heterocycles. The first-order chi connectivity index (χ1) is 16.3. The maximum Gasteiger partial charge on any atom is 0.196 e. The Bertz CT molecular complexity index is 1240. The summed E-state index contributed by atoms with van der Waals surface area (Å²) in [5.41, 5.74) is 3.00. The molecule has 1 aromatic heterocycles. The molecule has 0 aliphatic carbocycles. The van der Waals surface area contributed by atoms with Crippen molar-refractivity contribution in [2.24, 2.45) is 0 Å². The predicted octanol–water partition coefficient (Wildman–Crippen LogP) is 7.20. The molecular formula is C27H27F2N3OS. The zero-order valence-electron chi connectivity index (χ0n) is 19.7. The molecule has 0 fully saturated rings. The van der Waals surface area contributed by atoms with E-state index in [2.05, 4.69) is 43.1 Å². The molecule has 4 nitrogen and oxygen atoms in total. The van der Waals surface area contributed by atoms with E-state index in [1.807, 2.05) is 47.9 Å². The Morgan fingerprint density at radius 1 is 0.882 bits per heavy atom. The fraction of sp³-hybridized carbons (Fsp3) is 0.259. The highest BCUT2D eigenvalue weighted by atomic mass is 32.2. The fourth-order valence-corrected chi connectivity index (χ4v) is 4.54. The van der Waals surface area contributed by atoms with Crippen molar-refractivity contribution < 1.29 is 13.5 Å². The van der Waals surface area contributed by atoms with Crippen LogP contribution >= 0.6 is 11.8 Å². The van der Waals surface area contributed by atoms with Gasteiger partial charge in [0.25, 0.3) is 0 Å². The van der Waals surface area contributed by atoms with Crippen LogP contribution in [-0.4, -0.2) is 21.4 Å². The summed E-state index contributed by atoms with van der Waals surface area (Å²) in [6.07, 6.45) is 0. The standard InChI is InChI=1S/C27H27F2N3OS/c1-5-33-21-15-13-20(14-16-21)32-25(18-9-11-19(12-10-18)27(2,3)4)30-31-26(32)34-17-22-23(28)7-6-8-24(22)29/h6-16H,5,17H2,1-4H3. The van der Waals surface area contributed by atoms with Gasteiger partial charge in [0.05, 0.1) is 6.61 Å². The van der Waals surface area contributed by atoms with E-state index in [9.17, 15) is 8.78 Å². The van der Waals surface area contributed by atoms with Crippen molar-refractivity contribution in [3.63, 3.8) is 0 Å². The molecule has 3 aromatic carbocycles. The molecule has 34 heavy (non-hydrogen) atoms. The number of ether oxygens (including phenoxy) is 1. The Hall–Kier alpha value is -3.19. The minimum Gasteiger partial charge on any atom is -0.494 e. The Morgan fingerprint density at radius 3 is 2.12 bits per heavy atom. The van der Waals surface area contributed by atoms with Gasteiger partial charge < -0.3 is 4.74 Å². The van der Waals surface area contributed by atoms with E-state index < -0.39 is 11.6 Å². The maximum atomic E-state index is 14.2. The third kappa shape index (κ3) is 5.14. The molecule has 0 bridgehead atoms. The van der Waals surface area contributed by atoms with Crippen molar-refractivity contribution in [2.45, 2.75) is 44.0 Å². The highest BCUT2D eigenvalue weighted by Gasteiger charge is 2.19. The molecule has 0 aliphatic heterocycles. The second-order valence-electron chi connectivity index (χ2n) is 8.88. The van der Waals surface area contributed by atoms with Gasteiger partial charge in [0.2, 0.25) is 0 Å². The summed E-state index contributed by atoms with van der Waals surface area (Å²) in [5.74, 6) is 0.366. The molecule has 176 valence electrons. The molecular weight excluding hydrogens is 452 g/mol. The zero-order chi connectivity index (χ0) is 24.3. The molecule has 4 rings (SSSR count). The molecule has 0 aliphatic rings. The molecule has 0 unspecified atom stereocenters. The number of nitrogens with zero attached hydrogens (tertiary/aromatic N) is 3. The Kier molecular flexibility index (Phi) is 7.03. The van der Waals surface area contributed by atoms with Crippen LogP contribution in [0.25, 0.3) is 17.1 Å². The van der Waals surface area contributed by atoms with Crippen LogP contribution in [0.3, 0.4) is 0 Å². The first kappa shape index (κ1) is 24.0. The largest absolute Gasteiger partial charge is 0.494 e. The lowest BCUT2D eigenvalue weighted by molar-refractivity contribution is 0.340. The van der Waals surface area contributed by atoms with Crippen molar-refractivity contribution in [3.8, 4) is 22.8 Å². The molecule has 0 spiro atoms. The topological polar surface area (TPSA) is 39.9 Å². The number of thioether (sulfide) groups is 1. The van der Waals surface area contributed by atoms with E-state index in [0.717, 1.165) is 17.0 Å². The van der Waals surface area contributed by atoms with Crippen LogP contribution in [0.15, 0.2) is 71.9 Å². The summed E-state index contributed by atoms with van der Waals surface area (Å²) in [5, 5.41) is 9.36. The van der Waals surface area contributed by atoms with E-state index in [-0.39, 0.29) is 16.7 Å². The van der Waals surface area contributed by atoms with Gasteiger partial charge in [-0.2, -0.15) is 0 Å². The van der Waals surface area contributed by atoms with E-state index in [4.69, 9.17) is 4.74 Å². The molecule has 7 heteroatoms. The quantitative estimate of drug-likeness (QED) is 0.263. The zero-order valence-corrected chi connectivity index (χ0v) is 20.5. The number of halogens is 2. The van der Waals surface area contributed by atoms with Crippen LogP contribution in [-0.2, 0) is 11.2 Å². The lowest BCUT2D eigenvalue weighted by Gasteiger charge is -2.19. The second kappa shape index (κ2) is 9.97. The molecule has 0 amide bonds. The summed E-state index contributed by atoms with van der Waals surface area (Å²) in [7, 11) is 0. The van der Waals surface area contributed by atoms with Gasteiger partial charge in [0.1, 0.15) is 17.4 Å². The molecule has 0 saturated carbocycles. The second-order valence-corrected chi connectivity index (χ2v) is 9.83. The lowest BCUT2D eigenvalue weighted by Crippen LogP contribution is -2.10. The molecule has 1 heterocycles. The lowest BCUT2D eigenvalue weighted by atomic mass is 9.87. The first-order valence-electron chi connectivity index (χ1n) is 11.1. The van der Waals surface area contributed by atoms with Gasteiger partial charge in [-0.05, 0) is 54.3 Å². The van der Waals surface area contributed by atoms with Gasteiger partial charge in [-0.3, -0.25) is 4.57 Å². The average molecular weight is 480 g/mol. The third-order valence-corrected chi connectivity index (χ3v) is 6.41. The number of aromatic nitrogens is 3. The Labute approximate surface area is 203 Å². The van der Waals surface area contributed by atoms with Gasteiger partial charge in [-0.25, -0.2) is 8.78 Å². The van der Waals surface area contributed by atoms with Crippen LogP contribution < -0.4 is 4.74 Å². The van der Waals surface area contributed by atoms with Crippen LogP contribution in [0.1, 0.15) is 38.8 Å². The molecule has 4 aromatic rings. The SMILES string of the molecule is CCOc1ccc(-n2c(SCc3c(F)cccc3F)nnc2-c2ccc(C(C)(C)C)cc2)cc1. The number of benzene rings is 3. The van der Waals surface area contributed by atoms with E-state index in [1.54, 1.807) is 0 Å². The molecule has 0 N–H and O–H groups in total. The third-order valence-electron chi connectivity index (χ3n) is 5.46. The van der Waals surface area contributed by atoms with Gasteiger partial charge in [0, 0.05) is 22.6 Å². The molecule has 0 radical (unpaired) electrons. The van der Waals surface area contributed by atoms with Crippen LogP contribution in [0.2, 0.25) is 0 Å². The smallest absolute Gasteiger partial charge is 0.196 e. The number of rotatable bonds is 7. The fourth-order valence-electron chi connectivity index (χ4n) is 3.57. The predicted molar refractivity (Wildman–Crippen MR) is 133 cm³/mol. The van der Waals surface area contributed by atoms with Gasteiger partial charge in [-0.1, -0.05) is 62.9 Å². The average Bonchev–Trinajstić information content (AvgIpc) is 3.23. The Balaban J connectivity index is 1.74. The van der Waals surface area contributed by atoms with Crippen LogP contribution in [0, 0.1) is 11.6 Å². The first-order valence-corrected chi connectivity index (χ1v) is 12.1. The van der Waals surface area contributed by atoms with Gasteiger partial charge >= 0.3 is 0 Å². The highest BCUT2D eigenvalue weighted by molar-refractivity contribution is 7.98. The summed E-state index contributed by atoms with van der Waals surface area (Å²) in [6.45, 7) is 9.01. The Morgan fingerprint density at radius 2 is 1.53 bits per heavy atom. The summed E-state index contributed by atoms with van der Waals surface area (Å²) in [6, 6.07) is 19.7. The minimum atomic E-state index is -0.572. The summed E-state index contributed by atoms with van der Waals surface area (Å²) in [4.78, 5) is 0. The normalized spacial score (nSPS) is 11.6. The minimum absolute atomic E-state index is 0.0184. The van der Waals surface area contributed by atoms with Crippen molar-refractivity contribution in [3.05, 3.63) is 89.5 Å². The molecule has 0 atom stereocenters. The summed E-state index contributed by atoms with van der Waals surface area (Å²) >= 11 is 1.24. The number of hydrogen-bond donors (Lipinski definition) is 0. The summed E-state index contributed by atoms with van der Waals surface area (Å²) < 4.78 is 35.9. The highest BCUT2D eigenvalue weighted by Crippen LogP contribution is 2.32. The van der Waals surface area contributed by atoms with E-state index >= 15 is 0 Å².